The molecule has 3 rings (SSSR count). The number of H-pyrrole nitrogens is 1. The minimum absolute atomic E-state index is 0.0812. The molecule has 0 spiro atoms. The smallest absolute Gasteiger partial charge is 0.322 e. The minimum atomic E-state index is -0.692. The third kappa shape index (κ3) is 4.99. The Labute approximate surface area is 165 Å². The van der Waals surface area contributed by atoms with Gasteiger partial charge in [0.25, 0.3) is 0 Å². The van der Waals surface area contributed by atoms with Gasteiger partial charge in [-0.2, -0.15) is 0 Å². The number of carbonyl (C=O) groups is 1. The first kappa shape index (κ1) is 19.7. The van der Waals surface area contributed by atoms with Gasteiger partial charge in [0.05, 0.1) is 12.0 Å². The molecule has 0 aliphatic rings. The Morgan fingerprint density at radius 2 is 1.68 bits per heavy atom. The molecule has 3 aromatic rings. The number of hydrogen-bond acceptors (Lipinski definition) is 7. The summed E-state index contributed by atoms with van der Waals surface area (Å²) in [5.74, 6) is 0.793. The number of aromatic amines is 1. The van der Waals surface area contributed by atoms with E-state index in [1.54, 1.807) is 0 Å². The van der Waals surface area contributed by atoms with Crippen molar-refractivity contribution in [3.05, 3.63) is 74.2 Å². The van der Waals surface area contributed by atoms with Crippen LogP contribution in [0.4, 0.5) is 0 Å². The van der Waals surface area contributed by atoms with Gasteiger partial charge in [0.15, 0.2) is 0 Å². The number of aromatic hydroxyl groups is 1. The zero-order valence-electron chi connectivity index (χ0n) is 15.2. The molecular weight excluding hydrogens is 380 g/mol. The summed E-state index contributed by atoms with van der Waals surface area (Å²) in [4.78, 5) is 25.3. The van der Waals surface area contributed by atoms with Gasteiger partial charge < -0.3 is 20.3 Å². The molecule has 0 radical (unpaired) electrons. The third-order valence-corrected chi connectivity index (χ3v) is 4.98. The van der Waals surface area contributed by atoms with Gasteiger partial charge in [-0.15, -0.1) is 0 Å². The number of rotatable bonds is 7. The van der Waals surface area contributed by atoms with Gasteiger partial charge in [-0.25, -0.2) is 0 Å². The topological polar surface area (TPSA) is 115 Å². The second-order valence-corrected chi connectivity index (χ2v) is 7.25. The van der Waals surface area contributed by atoms with Crippen molar-refractivity contribution in [1.82, 2.24) is 4.98 Å². The summed E-state index contributed by atoms with van der Waals surface area (Å²) in [6, 6.07) is 14.0. The maximum atomic E-state index is 11.4. The fourth-order valence-corrected chi connectivity index (χ4v) is 3.41. The van der Waals surface area contributed by atoms with Crippen molar-refractivity contribution in [2.75, 3.05) is 7.11 Å². The van der Waals surface area contributed by atoms with E-state index in [0.717, 1.165) is 22.5 Å². The van der Waals surface area contributed by atoms with Crippen LogP contribution in [0.25, 0.3) is 0 Å². The van der Waals surface area contributed by atoms with E-state index in [-0.39, 0.29) is 10.8 Å². The highest BCUT2D eigenvalue weighted by molar-refractivity contribution is 7.09. The molecule has 0 bridgehead atoms. The predicted molar refractivity (Wildman–Crippen MR) is 106 cm³/mol. The molecule has 7 nitrogen and oxygen atoms in total. The lowest BCUT2D eigenvalue weighted by Gasteiger charge is -2.10. The quantitative estimate of drug-likeness (QED) is 0.525. The SMILES string of the molecule is COC(=O)[C@@H](N)Cc1ccc(Oc2ccc(Cc3sc(=O)[nH]c3O)cc2)cc1. The van der Waals surface area contributed by atoms with Gasteiger partial charge in [0.2, 0.25) is 5.88 Å². The van der Waals surface area contributed by atoms with Crippen molar-refractivity contribution < 1.29 is 19.4 Å². The largest absolute Gasteiger partial charge is 0.494 e. The van der Waals surface area contributed by atoms with Crippen molar-refractivity contribution in [1.29, 1.82) is 0 Å². The predicted octanol–water partition coefficient (Wildman–Crippen LogP) is 2.57. The molecule has 4 N–H and O–H groups in total. The number of carbonyl (C=O) groups excluding carboxylic acids is 1. The monoisotopic (exact) mass is 400 g/mol. The van der Waals surface area contributed by atoms with Crippen LogP contribution in [0.3, 0.4) is 0 Å². The van der Waals surface area contributed by atoms with Gasteiger partial charge in [0.1, 0.15) is 17.5 Å². The summed E-state index contributed by atoms with van der Waals surface area (Å²) in [5, 5.41) is 9.66. The van der Waals surface area contributed by atoms with E-state index in [1.807, 2.05) is 48.5 Å². The molecular formula is C20H20N2O5S. The number of benzene rings is 2. The number of ether oxygens (including phenoxy) is 2. The molecule has 1 heterocycles. The average molecular weight is 400 g/mol. The highest BCUT2D eigenvalue weighted by Crippen LogP contribution is 2.25. The number of thiazole rings is 1. The maximum absolute atomic E-state index is 11.4. The molecule has 0 unspecified atom stereocenters. The minimum Gasteiger partial charge on any atom is -0.494 e. The maximum Gasteiger partial charge on any atom is 0.322 e. The van der Waals surface area contributed by atoms with E-state index in [2.05, 4.69) is 9.72 Å². The number of nitrogens with one attached hydrogen (secondary N) is 1. The van der Waals surface area contributed by atoms with Crippen LogP contribution in [0.5, 0.6) is 17.4 Å². The molecule has 1 aromatic heterocycles. The lowest BCUT2D eigenvalue weighted by atomic mass is 10.1. The van der Waals surface area contributed by atoms with Gasteiger partial charge in [0, 0.05) is 6.42 Å². The van der Waals surface area contributed by atoms with Crippen LogP contribution in [0.2, 0.25) is 0 Å². The van der Waals surface area contributed by atoms with Crippen molar-refractivity contribution in [3.8, 4) is 17.4 Å². The second-order valence-electron chi connectivity index (χ2n) is 6.19. The number of esters is 1. The fourth-order valence-electron chi connectivity index (χ4n) is 2.65. The summed E-state index contributed by atoms with van der Waals surface area (Å²) >= 11 is 0.994. The van der Waals surface area contributed by atoms with Crippen LogP contribution >= 0.6 is 11.3 Å². The fraction of sp³-hybridized carbons (Fsp3) is 0.200. The molecule has 0 amide bonds. The van der Waals surface area contributed by atoms with Crippen LogP contribution in [-0.2, 0) is 22.4 Å². The number of aromatic nitrogens is 1. The highest BCUT2D eigenvalue weighted by Gasteiger charge is 2.14. The Balaban J connectivity index is 1.60. The molecule has 28 heavy (non-hydrogen) atoms. The molecule has 0 fully saturated rings. The first-order valence-electron chi connectivity index (χ1n) is 8.54. The molecule has 0 aliphatic heterocycles. The first-order chi connectivity index (χ1) is 13.4. The van der Waals surface area contributed by atoms with Crippen molar-refractivity contribution in [2.24, 2.45) is 5.73 Å². The molecule has 8 heteroatoms. The molecule has 2 aromatic carbocycles. The van der Waals surface area contributed by atoms with Crippen molar-refractivity contribution in [2.45, 2.75) is 18.9 Å². The average Bonchev–Trinajstić information content (AvgIpc) is 3.01. The van der Waals surface area contributed by atoms with Crippen LogP contribution in [-0.4, -0.2) is 29.2 Å². The summed E-state index contributed by atoms with van der Waals surface area (Å²) in [6.07, 6.45) is 0.852. The Kier molecular flexibility index (Phi) is 6.13. The van der Waals surface area contributed by atoms with E-state index in [4.69, 9.17) is 10.5 Å². The second kappa shape index (κ2) is 8.73. The Morgan fingerprint density at radius 3 is 2.18 bits per heavy atom. The molecule has 0 saturated heterocycles. The zero-order chi connectivity index (χ0) is 20.1. The summed E-state index contributed by atoms with van der Waals surface area (Å²) in [5.41, 5.74) is 7.62. The Bertz CT molecular complexity index is 993. The van der Waals surface area contributed by atoms with E-state index in [0.29, 0.717) is 29.2 Å². The van der Waals surface area contributed by atoms with Gasteiger partial charge in [-0.05, 0) is 41.8 Å². The highest BCUT2D eigenvalue weighted by atomic mass is 32.1. The first-order valence-corrected chi connectivity index (χ1v) is 9.36. The third-order valence-electron chi connectivity index (χ3n) is 4.11. The van der Waals surface area contributed by atoms with Gasteiger partial charge >= 0.3 is 10.8 Å². The van der Waals surface area contributed by atoms with Crippen molar-refractivity contribution >= 4 is 17.3 Å². The summed E-state index contributed by atoms with van der Waals surface area (Å²) in [7, 11) is 1.31. The number of hydrogen-bond donors (Lipinski definition) is 3. The van der Waals surface area contributed by atoms with Crippen LogP contribution in [0, 0.1) is 0 Å². The van der Waals surface area contributed by atoms with Crippen LogP contribution in [0.1, 0.15) is 16.0 Å². The molecule has 0 saturated carbocycles. The Hall–Kier alpha value is -3.10. The number of nitrogens with two attached hydrogens (primary N) is 1. The van der Waals surface area contributed by atoms with E-state index in [1.165, 1.54) is 7.11 Å². The van der Waals surface area contributed by atoms with Crippen LogP contribution in [0.15, 0.2) is 53.3 Å². The Morgan fingerprint density at radius 1 is 1.11 bits per heavy atom. The summed E-state index contributed by atoms with van der Waals surface area (Å²) < 4.78 is 10.4. The molecule has 0 aliphatic carbocycles. The lowest BCUT2D eigenvalue weighted by Crippen LogP contribution is -2.33. The molecule has 1 atom stereocenters. The van der Waals surface area contributed by atoms with E-state index in [9.17, 15) is 14.7 Å². The van der Waals surface area contributed by atoms with Gasteiger partial charge in [-0.3, -0.25) is 14.6 Å². The normalized spacial score (nSPS) is 11.8. The van der Waals surface area contributed by atoms with Crippen LogP contribution < -0.4 is 15.3 Å². The number of methoxy groups -OCH3 is 1. The lowest BCUT2D eigenvalue weighted by molar-refractivity contribution is -0.142. The summed E-state index contributed by atoms with van der Waals surface area (Å²) in [6.45, 7) is 0. The standard InChI is InChI=1S/C20H20N2O5S/c1-26-19(24)16(21)10-12-2-6-14(7-3-12)27-15-8-4-13(5-9-15)11-17-18(23)22-20(25)28-17/h2-9,16,23H,10-11,21H2,1H3,(H,22,25)/t16-/m0/s1. The molecule has 146 valence electrons. The zero-order valence-corrected chi connectivity index (χ0v) is 16.0. The van der Waals surface area contributed by atoms with Gasteiger partial charge in [-0.1, -0.05) is 35.6 Å². The van der Waals surface area contributed by atoms with E-state index >= 15 is 0 Å². The van der Waals surface area contributed by atoms with E-state index < -0.39 is 12.0 Å². The van der Waals surface area contributed by atoms with Crippen molar-refractivity contribution in [3.63, 3.8) is 0 Å².